The molecule has 1 amide bonds. The van der Waals surface area contributed by atoms with E-state index in [0.717, 1.165) is 5.56 Å². The van der Waals surface area contributed by atoms with E-state index in [1.54, 1.807) is 26.4 Å². The minimum absolute atomic E-state index is 0.0445. The predicted octanol–water partition coefficient (Wildman–Crippen LogP) is 1.63. The number of fused-ring (bicyclic) bond motifs is 1. The second kappa shape index (κ2) is 7.70. The number of benzene rings is 1. The third kappa shape index (κ3) is 4.14. The minimum Gasteiger partial charge on any atom is -0.493 e. The first-order chi connectivity index (χ1) is 10.6. The normalized spacial score (nSPS) is 14.7. The molecular formula is C16H21NO5. The quantitative estimate of drug-likeness (QED) is 0.809. The molecule has 0 spiro atoms. The van der Waals surface area contributed by atoms with Crippen molar-refractivity contribution in [3.63, 3.8) is 0 Å². The number of carbonyl (C=O) groups is 1. The summed E-state index contributed by atoms with van der Waals surface area (Å²) in [5, 5.41) is 2.80. The molecule has 1 aromatic rings. The van der Waals surface area contributed by atoms with Crippen LogP contribution in [0.4, 0.5) is 0 Å². The van der Waals surface area contributed by atoms with E-state index in [9.17, 15) is 4.79 Å². The molecule has 0 fully saturated rings. The largest absolute Gasteiger partial charge is 0.493 e. The lowest BCUT2D eigenvalue weighted by Crippen LogP contribution is -2.34. The molecule has 0 bridgehead atoms. The summed E-state index contributed by atoms with van der Waals surface area (Å²) in [5.41, 5.74) is 0.802. The zero-order valence-electron chi connectivity index (χ0n) is 13.0. The van der Waals surface area contributed by atoms with Gasteiger partial charge in [0.2, 0.25) is 11.7 Å². The maximum Gasteiger partial charge on any atom is 0.244 e. The Bertz CT molecular complexity index is 538. The average Bonchev–Trinajstić information content (AvgIpc) is 2.52. The Labute approximate surface area is 130 Å². The van der Waals surface area contributed by atoms with E-state index in [0.29, 0.717) is 37.1 Å². The second-order valence-corrected chi connectivity index (χ2v) is 4.95. The van der Waals surface area contributed by atoms with Crippen LogP contribution < -0.4 is 19.5 Å². The summed E-state index contributed by atoms with van der Waals surface area (Å²) >= 11 is 0. The van der Waals surface area contributed by atoms with Gasteiger partial charge in [0, 0.05) is 19.2 Å². The van der Waals surface area contributed by atoms with Crippen molar-refractivity contribution in [1.29, 1.82) is 0 Å². The molecule has 120 valence electrons. The van der Waals surface area contributed by atoms with E-state index in [4.69, 9.17) is 18.9 Å². The topological polar surface area (TPSA) is 66.0 Å². The van der Waals surface area contributed by atoms with Gasteiger partial charge in [0.15, 0.2) is 11.5 Å². The van der Waals surface area contributed by atoms with Gasteiger partial charge in [-0.1, -0.05) is 0 Å². The maximum absolute atomic E-state index is 11.8. The summed E-state index contributed by atoms with van der Waals surface area (Å²) in [7, 11) is 3.17. The molecule has 2 rings (SSSR count). The van der Waals surface area contributed by atoms with Crippen LogP contribution in [0.3, 0.4) is 0 Å². The fourth-order valence-corrected chi connectivity index (χ4v) is 2.14. The summed E-state index contributed by atoms with van der Waals surface area (Å²) in [4.78, 5) is 11.8. The molecule has 1 unspecified atom stereocenters. The smallest absolute Gasteiger partial charge is 0.244 e. The van der Waals surface area contributed by atoms with E-state index in [1.807, 2.05) is 13.0 Å². The van der Waals surface area contributed by atoms with Crippen LogP contribution in [0.25, 0.3) is 6.08 Å². The number of amides is 1. The number of nitrogens with one attached hydrogen (secondary N) is 1. The highest BCUT2D eigenvalue weighted by molar-refractivity contribution is 5.92. The first-order valence-corrected chi connectivity index (χ1v) is 7.09. The van der Waals surface area contributed by atoms with Gasteiger partial charge in [-0.25, -0.2) is 0 Å². The van der Waals surface area contributed by atoms with Crippen LogP contribution in [-0.2, 0) is 9.53 Å². The van der Waals surface area contributed by atoms with E-state index in [-0.39, 0.29) is 11.9 Å². The van der Waals surface area contributed by atoms with Crippen LogP contribution in [-0.4, -0.2) is 46.0 Å². The van der Waals surface area contributed by atoms with Crippen LogP contribution in [0.5, 0.6) is 17.2 Å². The molecule has 0 saturated heterocycles. The predicted molar refractivity (Wildman–Crippen MR) is 82.5 cm³/mol. The molecule has 1 N–H and O–H groups in total. The molecule has 0 aromatic heterocycles. The number of rotatable bonds is 6. The van der Waals surface area contributed by atoms with E-state index >= 15 is 0 Å². The Balaban J connectivity index is 2.09. The third-order valence-corrected chi connectivity index (χ3v) is 3.08. The molecule has 1 aliphatic heterocycles. The van der Waals surface area contributed by atoms with Gasteiger partial charge in [-0.2, -0.15) is 0 Å². The third-order valence-electron chi connectivity index (χ3n) is 3.08. The lowest BCUT2D eigenvalue weighted by atomic mass is 10.1. The number of methoxy groups -OCH3 is 2. The first-order valence-electron chi connectivity index (χ1n) is 7.09. The average molecular weight is 307 g/mol. The lowest BCUT2D eigenvalue weighted by Gasteiger charge is -2.20. The zero-order chi connectivity index (χ0) is 15.9. The van der Waals surface area contributed by atoms with Crippen LogP contribution in [0.2, 0.25) is 0 Å². The highest BCUT2D eigenvalue weighted by Gasteiger charge is 2.17. The zero-order valence-corrected chi connectivity index (χ0v) is 13.0. The molecule has 6 nitrogen and oxygen atoms in total. The highest BCUT2D eigenvalue weighted by Crippen LogP contribution is 2.40. The van der Waals surface area contributed by atoms with Crippen LogP contribution in [0.15, 0.2) is 18.2 Å². The number of hydrogen-bond donors (Lipinski definition) is 1. The van der Waals surface area contributed by atoms with Crippen molar-refractivity contribution in [3.8, 4) is 17.2 Å². The van der Waals surface area contributed by atoms with Crippen LogP contribution >= 0.6 is 0 Å². The van der Waals surface area contributed by atoms with Crippen molar-refractivity contribution in [3.05, 3.63) is 23.8 Å². The summed E-state index contributed by atoms with van der Waals surface area (Å²) in [5.74, 6) is 1.63. The van der Waals surface area contributed by atoms with E-state index < -0.39 is 0 Å². The van der Waals surface area contributed by atoms with Gasteiger partial charge in [0.25, 0.3) is 0 Å². The van der Waals surface area contributed by atoms with Gasteiger partial charge < -0.3 is 24.3 Å². The molecule has 0 radical (unpaired) electrons. The van der Waals surface area contributed by atoms with E-state index in [2.05, 4.69) is 5.32 Å². The van der Waals surface area contributed by atoms with Crippen molar-refractivity contribution in [2.45, 2.75) is 13.0 Å². The van der Waals surface area contributed by atoms with E-state index in [1.165, 1.54) is 6.08 Å². The number of carbonyl (C=O) groups excluding carboxylic acids is 1. The monoisotopic (exact) mass is 307 g/mol. The standard InChI is InChI=1S/C16H21NO5/c1-11(10-19-2)17-15(18)5-4-12-8-13(20-3)16-14(9-12)21-6-7-22-16/h4-5,8-9,11H,6-7,10H2,1-3H3,(H,17,18)/b5-4+. The SMILES string of the molecule is COCC(C)NC(=O)/C=C/c1cc(OC)c2c(c1)OCCO2. The Kier molecular flexibility index (Phi) is 5.66. The Hall–Kier alpha value is -2.21. The molecule has 1 heterocycles. The molecular weight excluding hydrogens is 286 g/mol. The van der Waals surface area contributed by atoms with Crippen molar-refractivity contribution >= 4 is 12.0 Å². The summed E-state index contributed by atoms with van der Waals surface area (Å²) in [6.45, 7) is 3.34. The summed E-state index contributed by atoms with van der Waals surface area (Å²) in [6, 6.07) is 3.58. The van der Waals surface area contributed by atoms with Crippen molar-refractivity contribution in [1.82, 2.24) is 5.32 Å². The fraction of sp³-hybridized carbons (Fsp3) is 0.438. The van der Waals surface area contributed by atoms with Gasteiger partial charge in [-0.15, -0.1) is 0 Å². The first kappa shape index (κ1) is 16.2. The van der Waals surface area contributed by atoms with Gasteiger partial charge in [0.1, 0.15) is 13.2 Å². The molecule has 1 aromatic carbocycles. The van der Waals surface area contributed by atoms with Gasteiger partial charge in [0.05, 0.1) is 13.7 Å². The van der Waals surface area contributed by atoms with Gasteiger partial charge in [-0.05, 0) is 30.7 Å². The van der Waals surface area contributed by atoms with Crippen molar-refractivity contribution in [2.24, 2.45) is 0 Å². The summed E-state index contributed by atoms with van der Waals surface area (Å²) in [6.07, 6.45) is 3.17. The Morgan fingerprint density at radius 3 is 2.86 bits per heavy atom. The Morgan fingerprint density at radius 1 is 1.36 bits per heavy atom. The Morgan fingerprint density at radius 2 is 2.14 bits per heavy atom. The molecule has 0 aliphatic carbocycles. The molecule has 22 heavy (non-hydrogen) atoms. The maximum atomic E-state index is 11.8. The number of hydrogen-bond acceptors (Lipinski definition) is 5. The second-order valence-electron chi connectivity index (χ2n) is 4.95. The molecule has 0 saturated carbocycles. The highest BCUT2D eigenvalue weighted by atomic mass is 16.6. The summed E-state index contributed by atoms with van der Waals surface area (Å²) < 4.78 is 21.4. The molecule has 1 atom stereocenters. The van der Waals surface area contributed by atoms with Crippen molar-refractivity contribution < 1.29 is 23.7 Å². The number of ether oxygens (including phenoxy) is 4. The van der Waals surface area contributed by atoms with Crippen LogP contribution in [0.1, 0.15) is 12.5 Å². The lowest BCUT2D eigenvalue weighted by molar-refractivity contribution is -0.117. The fourth-order valence-electron chi connectivity index (χ4n) is 2.14. The van der Waals surface area contributed by atoms with Gasteiger partial charge in [-0.3, -0.25) is 4.79 Å². The minimum atomic E-state index is -0.182. The molecule has 1 aliphatic rings. The van der Waals surface area contributed by atoms with Crippen molar-refractivity contribution in [2.75, 3.05) is 34.0 Å². The van der Waals surface area contributed by atoms with Gasteiger partial charge >= 0.3 is 0 Å². The van der Waals surface area contributed by atoms with Crippen LogP contribution in [0, 0.1) is 0 Å². The molecule has 6 heteroatoms.